The first kappa shape index (κ1) is 64.6. The number of hydrogen-bond acceptors (Lipinski definition) is 3. The molecule has 1 aliphatic rings. The van der Waals surface area contributed by atoms with Gasteiger partial charge in [0.15, 0.2) is 0 Å². The minimum atomic E-state index is -0.130. The van der Waals surface area contributed by atoms with Crippen molar-refractivity contribution in [2.75, 3.05) is 6.61 Å². The van der Waals surface area contributed by atoms with Crippen molar-refractivity contribution in [3.63, 3.8) is 0 Å². The second-order valence-corrected chi connectivity index (χ2v) is 28.1. The van der Waals surface area contributed by atoms with Gasteiger partial charge in [-0.15, -0.1) is 11.3 Å². The van der Waals surface area contributed by atoms with Crippen LogP contribution in [-0.2, 0) is 12.0 Å². The van der Waals surface area contributed by atoms with Gasteiger partial charge < -0.3 is 9.30 Å². The third kappa shape index (κ3) is 15.2. The normalized spacial score (nSPS) is 13.7. The molecular formula is C81H112N2OS. The highest BCUT2D eigenvalue weighted by atomic mass is 32.1. The fourth-order valence-electron chi connectivity index (χ4n) is 15.8. The van der Waals surface area contributed by atoms with Crippen LogP contribution >= 0.6 is 11.3 Å². The largest absolute Gasteiger partial charge is 0.493 e. The van der Waals surface area contributed by atoms with E-state index in [1.807, 2.05) is 18.3 Å². The summed E-state index contributed by atoms with van der Waals surface area (Å²) < 4.78 is 9.83. The van der Waals surface area contributed by atoms with E-state index in [9.17, 15) is 5.26 Å². The summed E-state index contributed by atoms with van der Waals surface area (Å²) in [5.74, 6) is 2.23. The fraction of sp³-hybridized carbons (Fsp3) is 0.593. The lowest BCUT2D eigenvalue weighted by Crippen LogP contribution is -2.26. The number of nitriles is 1. The Kier molecular flexibility index (Phi) is 25.0. The van der Waals surface area contributed by atoms with Crippen molar-refractivity contribution in [2.45, 2.75) is 292 Å². The van der Waals surface area contributed by atoms with Crippen LogP contribution < -0.4 is 4.74 Å². The van der Waals surface area contributed by atoms with E-state index in [2.05, 4.69) is 131 Å². The number of rotatable bonds is 43. The third-order valence-electron chi connectivity index (χ3n) is 20.4. The Bertz CT molecular complexity index is 3310. The summed E-state index contributed by atoms with van der Waals surface area (Å²) in [6, 6.07) is 31.8. The summed E-state index contributed by atoms with van der Waals surface area (Å²) in [6.45, 7) is 18.0. The zero-order valence-electron chi connectivity index (χ0n) is 54.7. The molecule has 0 radical (unpaired) electrons. The lowest BCUT2D eigenvalue weighted by atomic mass is 9.69. The van der Waals surface area contributed by atoms with Crippen molar-refractivity contribution in [1.82, 2.24) is 4.57 Å². The molecule has 2 heterocycles. The number of aromatic nitrogens is 1. The number of fused-ring (bicyclic) bond motifs is 6. The Hall–Kier alpha value is -4.85. The van der Waals surface area contributed by atoms with E-state index in [4.69, 9.17) is 4.74 Å². The first-order valence-electron chi connectivity index (χ1n) is 35.8. The number of ether oxygens (including phenoxy) is 1. The molecular weight excluding hydrogens is 1050 g/mol. The number of nitrogens with zero attached hydrogens (tertiary/aromatic N) is 2. The number of unbranched alkanes of at least 4 members (excludes halogenated alkanes) is 24. The first-order valence-corrected chi connectivity index (χ1v) is 36.6. The molecule has 0 spiro atoms. The van der Waals surface area contributed by atoms with Crippen LogP contribution in [0.3, 0.4) is 0 Å². The molecule has 2 aromatic heterocycles. The van der Waals surface area contributed by atoms with E-state index >= 15 is 0 Å². The number of allylic oxidation sites excluding steroid dienone is 1. The maximum Gasteiger partial charge on any atom is 0.119 e. The van der Waals surface area contributed by atoms with Crippen LogP contribution in [0.5, 0.6) is 5.75 Å². The fourth-order valence-corrected chi connectivity index (χ4v) is 17.1. The molecule has 1 unspecified atom stereocenters. The minimum Gasteiger partial charge on any atom is -0.493 e. The first-order chi connectivity index (χ1) is 41.9. The van der Waals surface area contributed by atoms with Crippen LogP contribution in [-0.4, -0.2) is 11.2 Å². The molecule has 9 rings (SSSR count). The molecule has 0 saturated heterocycles. The number of thiophene rings is 1. The Morgan fingerprint density at radius 1 is 0.529 bits per heavy atom. The van der Waals surface area contributed by atoms with Gasteiger partial charge in [-0.2, -0.15) is 5.26 Å². The van der Waals surface area contributed by atoms with E-state index in [1.54, 1.807) is 16.6 Å². The minimum absolute atomic E-state index is 0.130. The SMILES string of the molecule is CCCCCCCCC(CCCCCC)COc1ccc(-c2cc3c4c5c2cccc5c2cccc5c6c(c(c4c52)n3CC(CCCCCC)CCCCCC)C(CCCCCCCC)(CCCCCCCC)c2cc(C=C(C)C#N)sc2-6)cc1. The van der Waals surface area contributed by atoms with Gasteiger partial charge in [-0.1, -0.05) is 283 Å². The molecule has 0 N–H and O–H groups in total. The molecule has 0 amide bonds. The van der Waals surface area contributed by atoms with E-state index in [0.717, 1.165) is 24.5 Å². The van der Waals surface area contributed by atoms with Crippen LogP contribution in [0, 0.1) is 23.2 Å². The van der Waals surface area contributed by atoms with Gasteiger partial charge in [0.2, 0.25) is 0 Å². The van der Waals surface area contributed by atoms with E-state index in [0.29, 0.717) is 11.8 Å². The van der Waals surface area contributed by atoms with Gasteiger partial charge in [-0.25, -0.2) is 0 Å². The highest BCUT2D eigenvalue weighted by molar-refractivity contribution is 7.16. The van der Waals surface area contributed by atoms with Gasteiger partial charge >= 0.3 is 0 Å². The van der Waals surface area contributed by atoms with Gasteiger partial charge in [0.1, 0.15) is 5.75 Å². The monoisotopic (exact) mass is 1160 g/mol. The highest BCUT2D eigenvalue weighted by Gasteiger charge is 2.48. The maximum absolute atomic E-state index is 10.2. The molecule has 0 bridgehead atoms. The van der Waals surface area contributed by atoms with Crippen LogP contribution in [0.1, 0.15) is 296 Å². The van der Waals surface area contributed by atoms with Gasteiger partial charge in [0, 0.05) is 54.4 Å². The molecule has 1 aliphatic carbocycles. The Balaban J connectivity index is 1.25. The maximum atomic E-state index is 10.2. The van der Waals surface area contributed by atoms with Gasteiger partial charge in [0.05, 0.1) is 23.7 Å². The lowest BCUT2D eigenvalue weighted by Gasteiger charge is -2.34. The Morgan fingerprint density at radius 2 is 1.00 bits per heavy atom. The molecule has 0 fully saturated rings. The smallest absolute Gasteiger partial charge is 0.119 e. The molecule has 6 aromatic carbocycles. The van der Waals surface area contributed by atoms with E-state index < -0.39 is 0 Å². The summed E-state index contributed by atoms with van der Waals surface area (Å²) in [5.41, 5.74) is 11.0. The van der Waals surface area contributed by atoms with Gasteiger partial charge in [0.25, 0.3) is 0 Å². The predicted octanol–water partition coefficient (Wildman–Crippen LogP) is 26.8. The quantitative estimate of drug-likeness (QED) is 0.0165. The second-order valence-electron chi connectivity index (χ2n) is 27.0. The van der Waals surface area contributed by atoms with Crippen molar-refractivity contribution >= 4 is 71.5 Å². The lowest BCUT2D eigenvalue weighted by molar-refractivity contribution is 0.224. The summed E-state index contributed by atoms with van der Waals surface area (Å²) >= 11 is 1.98. The molecule has 3 nitrogen and oxygen atoms in total. The Labute approximate surface area is 520 Å². The van der Waals surface area contributed by atoms with Crippen molar-refractivity contribution in [3.8, 4) is 33.4 Å². The summed E-state index contributed by atoms with van der Waals surface area (Å²) in [7, 11) is 0. The average molecular weight is 1160 g/mol. The van der Waals surface area contributed by atoms with E-state index in [1.165, 1.54) is 306 Å². The zero-order valence-corrected chi connectivity index (χ0v) is 55.6. The number of benzene rings is 6. The molecule has 85 heavy (non-hydrogen) atoms. The molecule has 458 valence electrons. The second kappa shape index (κ2) is 32.9. The molecule has 0 saturated carbocycles. The van der Waals surface area contributed by atoms with Crippen LogP contribution in [0.2, 0.25) is 0 Å². The van der Waals surface area contributed by atoms with Crippen molar-refractivity contribution in [1.29, 1.82) is 5.26 Å². The number of hydrogen-bond donors (Lipinski definition) is 0. The standard InChI is InChI=1S/C81H112N2OS/c1-8-14-20-26-29-35-43-62(42-34-25-19-13-6)59-84-64-50-48-63(49-51-64)70-56-72-76-73-66(44-38-46-68(70)73)67-45-39-47-69-74(67)77(76)79(83(72)58-61(40-32-23-17-11-4)41-33-24-18-12-5)78-75(69)80-71(55-65(85-80)54-60(7)57-82)81(78,52-36-30-27-21-15-9-2)53-37-31-28-22-16-10-3/h38-39,44-51,54-56,61-62H,8-37,40-43,52-53,58-59H2,1-7H3. The van der Waals surface area contributed by atoms with Crippen LogP contribution in [0.4, 0.5) is 0 Å². The van der Waals surface area contributed by atoms with Crippen molar-refractivity contribution in [2.24, 2.45) is 11.8 Å². The molecule has 0 aliphatic heterocycles. The summed E-state index contributed by atoms with van der Waals surface area (Å²) in [4.78, 5) is 2.72. The van der Waals surface area contributed by atoms with Crippen LogP contribution in [0.25, 0.3) is 81.8 Å². The van der Waals surface area contributed by atoms with Crippen molar-refractivity contribution in [3.05, 3.63) is 94.4 Å². The topological polar surface area (TPSA) is 38.0 Å². The average Bonchev–Trinajstić information content (AvgIpc) is 1.53. The molecule has 4 heteroatoms. The molecule has 1 atom stereocenters. The molecule has 8 aromatic rings. The highest BCUT2D eigenvalue weighted by Crippen LogP contribution is 2.64. The summed E-state index contributed by atoms with van der Waals surface area (Å²) in [5, 5.41) is 21.8. The van der Waals surface area contributed by atoms with E-state index in [-0.39, 0.29) is 5.41 Å². The Morgan fingerprint density at radius 3 is 1.54 bits per heavy atom. The van der Waals surface area contributed by atoms with Gasteiger partial charge in [-0.3, -0.25) is 0 Å². The summed E-state index contributed by atoms with van der Waals surface area (Å²) in [6.07, 6.45) is 49.1. The van der Waals surface area contributed by atoms with Crippen molar-refractivity contribution < 1.29 is 4.74 Å². The van der Waals surface area contributed by atoms with Gasteiger partial charge in [-0.05, 0) is 131 Å². The predicted molar refractivity (Wildman–Crippen MR) is 376 cm³/mol. The zero-order chi connectivity index (χ0) is 59.4. The third-order valence-corrected chi connectivity index (χ3v) is 21.5. The van der Waals surface area contributed by atoms with Crippen LogP contribution in [0.15, 0.2) is 78.4 Å².